The predicted molar refractivity (Wildman–Crippen MR) is 169 cm³/mol. The normalized spacial score (nSPS) is 14.0. The highest BCUT2D eigenvalue weighted by molar-refractivity contribution is 5.93. The van der Waals surface area contributed by atoms with E-state index in [-0.39, 0.29) is 18.2 Å². The summed E-state index contributed by atoms with van der Waals surface area (Å²) in [6.07, 6.45) is 1.17. The number of rotatable bonds is 9. The molecule has 0 amide bonds. The van der Waals surface area contributed by atoms with Gasteiger partial charge in [-0.1, -0.05) is 55.7 Å². The molecule has 5 aromatic rings. The van der Waals surface area contributed by atoms with E-state index in [9.17, 15) is 23.1 Å². The number of alkyl halides is 3. The van der Waals surface area contributed by atoms with Crippen molar-refractivity contribution in [3.63, 3.8) is 0 Å². The zero-order valence-electron chi connectivity index (χ0n) is 24.9. The lowest BCUT2D eigenvalue weighted by molar-refractivity contribution is -0.137. The van der Waals surface area contributed by atoms with E-state index in [1.54, 1.807) is 25.3 Å². The second kappa shape index (κ2) is 12.7. The van der Waals surface area contributed by atoms with Gasteiger partial charge < -0.3 is 19.3 Å². The molecule has 1 saturated carbocycles. The maximum absolute atomic E-state index is 13.4. The maximum Gasteiger partial charge on any atom is 0.416 e. The Hall–Kier alpha value is -4.79. The average molecular weight is 614 g/mol. The van der Waals surface area contributed by atoms with Gasteiger partial charge in [0.1, 0.15) is 11.6 Å². The van der Waals surface area contributed by atoms with Crippen molar-refractivity contribution in [1.29, 1.82) is 0 Å². The number of halogens is 3. The Morgan fingerprint density at radius 2 is 1.62 bits per heavy atom. The van der Waals surface area contributed by atoms with Crippen molar-refractivity contribution < 1.29 is 27.8 Å². The minimum atomic E-state index is -4.42. The minimum Gasteiger partial charge on any atom is -0.497 e. The third-order valence-corrected chi connectivity index (χ3v) is 8.53. The first-order valence-electron chi connectivity index (χ1n) is 15.1. The molecule has 1 heterocycles. The highest BCUT2D eigenvalue weighted by atomic mass is 19.4. The number of nitrogens with zero attached hydrogens (tertiary/aromatic N) is 3. The Kier molecular flexibility index (Phi) is 8.52. The molecule has 4 aromatic carbocycles. The number of aromatic carboxylic acids is 1. The summed E-state index contributed by atoms with van der Waals surface area (Å²) in [5.41, 5.74) is 4.43. The Bertz CT molecular complexity index is 1790. The highest BCUT2D eigenvalue weighted by Gasteiger charge is 2.30. The average Bonchev–Trinajstić information content (AvgIpc) is 3.44. The fraction of sp³-hybridized carbons (Fsp3) is 0.278. The SMILES string of the molecule is COc1ccc(N(Cc2ccc(-c3nc4cc(C(=O)O)ccc4n3C3CCCCC3)cc2)Cc2cccc(C(F)(F)F)c2)cc1. The van der Waals surface area contributed by atoms with Crippen molar-refractivity contribution in [3.05, 3.63) is 113 Å². The molecule has 1 fully saturated rings. The van der Waals surface area contributed by atoms with Gasteiger partial charge >= 0.3 is 12.1 Å². The molecule has 0 saturated heterocycles. The lowest BCUT2D eigenvalue weighted by atomic mass is 9.94. The number of fused-ring (bicyclic) bond motifs is 1. The van der Waals surface area contributed by atoms with Crippen molar-refractivity contribution in [1.82, 2.24) is 9.55 Å². The molecule has 0 atom stereocenters. The number of benzene rings is 4. The highest BCUT2D eigenvalue weighted by Crippen LogP contribution is 2.37. The number of anilines is 1. The molecule has 45 heavy (non-hydrogen) atoms. The summed E-state index contributed by atoms with van der Waals surface area (Å²) >= 11 is 0. The number of imidazole rings is 1. The Balaban J connectivity index is 1.32. The molecule has 0 unspecified atom stereocenters. The van der Waals surface area contributed by atoms with Crippen LogP contribution in [-0.2, 0) is 19.3 Å². The second-order valence-corrected chi connectivity index (χ2v) is 11.6. The topological polar surface area (TPSA) is 67.6 Å². The van der Waals surface area contributed by atoms with Gasteiger partial charge in [-0.2, -0.15) is 13.2 Å². The maximum atomic E-state index is 13.4. The first-order chi connectivity index (χ1) is 21.7. The van der Waals surface area contributed by atoms with E-state index in [0.29, 0.717) is 23.4 Å². The monoisotopic (exact) mass is 613 g/mol. The summed E-state index contributed by atoms with van der Waals surface area (Å²) < 4.78 is 47.9. The van der Waals surface area contributed by atoms with Crippen molar-refractivity contribution in [2.45, 2.75) is 57.4 Å². The van der Waals surface area contributed by atoms with Gasteiger partial charge in [0.25, 0.3) is 0 Å². The largest absolute Gasteiger partial charge is 0.497 e. The van der Waals surface area contributed by atoms with Crippen LogP contribution in [0.15, 0.2) is 91.0 Å². The molecule has 1 aliphatic carbocycles. The molecule has 0 bridgehead atoms. The Morgan fingerprint density at radius 1 is 0.911 bits per heavy atom. The van der Waals surface area contributed by atoms with Crippen LogP contribution in [-0.4, -0.2) is 27.7 Å². The molecule has 1 aromatic heterocycles. The van der Waals surface area contributed by atoms with Gasteiger partial charge in [-0.15, -0.1) is 0 Å². The quantitative estimate of drug-likeness (QED) is 0.180. The molecule has 1 N–H and O–H groups in total. The summed E-state index contributed by atoms with van der Waals surface area (Å²) in [6.45, 7) is 0.741. The van der Waals surface area contributed by atoms with Crippen molar-refractivity contribution in [2.75, 3.05) is 12.0 Å². The number of aromatic nitrogens is 2. The van der Waals surface area contributed by atoms with Crippen LogP contribution in [0.2, 0.25) is 0 Å². The summed E-state index contributed by atoms with van der Waals surface area (Å²) in [4.78, 5) is 18.6. The lowest BCUT2D eigenvalue weighted by Crippen LogP contribution is -2.22. The summed E-state index contributed by atoms with van der Waals surface area (Å²) in [7, 11) is 1.59. The van der Waals surface area contributed by atoms with Crippen LogP contribution in [0.1, 0.15) is 65.2 Å². The van der Waals surface area contributed by atoms with Gasteiger partial charge in [-0.3, -0.25) is 0 Å². The molecular weight excluding hydrogens is 579 g/mol. The molecule has 9 heteroatoms. The number of carbonyl (C=O) groups is 1. The van der Waals surface area contributed by atoms with Crippen molar-refractivity contribution in [3.8, 4) is 17.1 Å². The van der Waals surface area contributed by atoms with E-state index >= 15 is 0 Å². The number of hydrogen-bond donors (Lipinski definition) is 1. The molecule has 6 rings (SSSR count). The number of methoxy groups -OCH3 is 1. The smallest absolute Gasteiger partial charge is 0.416 e. The third-order valence-electron chi connectivity index (χ3n) is 8.53. The van der Waals surface area contributed by atoms with Crippen LogP contribution in [0.4, 0.5) is 18.9 Å². The third kappa shape index (κ3) is 6.67. The standard InChI is InChI=1S/C36H34F3N3O3/c1-45-31-17-15-29(16-18-31)41(23-25-6-5-7-28(20-25)36(37,38)39)22-24-10-12-26(13-11-24)34-40-32-21-27(35(43)44)14-19-33(32)42(34)30-8-3-2-4-9-30/h5-7,10-21,30H,2-4,8-9,22-23H2,1H3,(H,43,44). The molecule has 0 radical (unpaired) electrons. The van der Waals surface area contributed by atoms with Crippen LogP contribution >= 0.6 is 0 Å². The first kappa shape index (κ1) is 30.2. The van der Waals surface area contributed by atoms with E-state index in [2.05, 4.69) is 4.57 Å². The van der Waals surface area contributed by atoms with E-state index in [1.165, 1.54) is 18.6 Å². The molecule has 1 aliphatic rings. The fourth-order valence-electron chi connectivity index (χ4n) is 6.22. The molecule has 232 valence electrons. The minimum absolute atomic E-state index is 0.206. The van der Waals surface area contributed by atoms with Crippen LogP contribution < -0.4 is 9.64 Å². The van der Waals surface area contributed by atoms with Gasteiger partial charge in [0.05, 0.1) is 29.3 Å². The second-order valence-electron chi connectivity index (χ2n) is 11.6. The summed E-state index contributed by atoms with van der Waals surface area (Å²) in [5, 5.41) is 9.54. The molecule has 6 nitrogen and oxygen atoms in total. The number of carboxylic acid groups (broad SMARTS) is 1. The molecular formula is C36H34F3N3O3. The number of hydrogen-bond acceptors (Lipinski definition) is 4. The zero-order chi connectivity index (χ0) is 31.6. The first-order valence-corrected chi connectivity index (χ1v) is 15.1. The van der Waals surface area contributed by atoms with E-state index in [0.717, 1.165) is 59.9 Å². The fourth-order valence-corrected chi connectivity index (χ4v) is 6.22. The van der Waals surface area contributed by atoms with Crippen molar-refractivity contribution >= 4 is 22.7 Å². The van der Waals surface area contributed by atoms with Gasteiger partial charge in [0.2, 0.25) is 0 Å². The van der Waals surface area contributed by atoms with Crippen LogP contribution in [0.5, 0.6) is 5.75 Å². The van der Waals surface area contributed by atoms with E-state index < -0.39 is 17.7 Å². The lowest BCUT2D eigenvalue weighted by Gasteiger charge is -2.26. The summed E-state index contributed by atoms with van der Waals surface area (Å²) in [6, 6.07) is 26.4. The number of carboxylic acids is 1. The van der Waals surface area contributed by atoms with E-state index in [4.69, 9.17) is 9.72 Å². The molecule has 0 spiro atoms. The summed E-state index contributed by atoms with van der Waals surface area (Å²) in [5.74, 6) is 0.516. The Labute approximate surface area is 259 Å². The van der Waals surface area contributed by atoms with Gasteiger partial charge in [0.15, 0.2) is 0 Å². The van der Waals surface area contributed by atoms with Gasteiger partial charge in [-0.05, 0) is 78.6 Å². The van der Waals surface area contributed by atoms with Crippen LogP contribution in [0.25, 0.3) is 22.4 Å². The van der Waals surface area contributed by atoms with E-state index in [1.807, 2.05) is 59.5 Å². The van der Waals surface area contributed by atoms with Crippen molar-refractivity contribution in [2.24, 2.45) is 0 Å². The predicted octanol–water partition coefficient (Wildman–Crippen LogP) is 9.14. The van der Waals surface area contributed by atoms with Crippen LogP contribution in [0, 0.1) is 0 Å². The zero-order valence-corrected chi connectivity index (χ0v) is 24.9. The Morgan fingerprint density at radius 3 is 2.29 bits per heavy atom. The van der Waals surface area contributed by atoms with Gasteiger partial charge in [0, 0.05) is 30.4 Å². The number of ether oxygens (including phenoxy) is 1. The van der Waals surface area contributed by atoms with Gasteiger partial charge in [-0.25, -0.2) is 9.78 Å². The molecule has 0 aliphatic heterocycles. The van der Waals surface area contributed by atoms with Crippen LogP contribution in [0.3, 0.4) is 0 Å².